The van der Waals surface area contributed by atoms with Crippen molar-refractivity contribution in [2.45, 2.75) is 24.6 Å². The van der Waals surface area contributed by atoms with Crippen LogP contribution >= 0.6 is 22.6 Å². The lowest BCUT2D eigenvalue weighted by Gasteiger charge is -2.31. The maximum Gasteiger partial charge on any atom is 0.435 e. The number of alkyl halides is 9. The second kappa shape index (κ2) is 11.9. The fourth-order valence-corrected chi connectivity index (χ4v) is 4.13. The highest BCUT2D eigenvalue weighted by atomic mass is 127. The minimum atomic E-state index is -6.60. The molecule has 0 aliphatic rings. The Hall–Kier alpha value is -3.71. The Balaban J connectivity index is 2.01. The summed E-state index contributed by atoms with van der Waals surface area (Å²) >= 11 is 1.00. The molecule has 0 bridgehead atoms. The molecule has 0 spiro atoms. The SMILES string of the molecule is O=C(Nc1cccc(C(=O)Nc2c(I)cc(C(F)(C(F)(F)F)C(F)(F)F)cc2OC(F)F)c1F)c1ccc(F)c(F)c1. The Kier molecular flexibility index (Phi) is 9.28. The molecule has 0 radical (unpaired) electrons. The van der Waals surface area contributed by atoms with Gasteiger partial charge in [0.25, 0.3) is 11.8 Å². The molecule has 0 saturated heterocycles. The minimum Gasteiger partial charge on any atom is -0.433 e. The third-order valence-electron chi connectivity index (χ3n) is 5.36. The summed E-state index contributed by atoms with van der Waals surface area (Å²) in [5.74, 6) is -8.39. The van der Waals surface area contributed by atoms with Crippen molar-refractivity contribution < 1.29 is 67.0 Å². The van der Waals surface area contributed by atoms with E-state index >= 15 is 4.39 Å². The molecular weight excluding hydrogens is 719 g/mol. The van der Waals surface area contributed by atoms with E-state index in [9.17, 15) is 57.9 Å². The molecule has 5 nitrogen and oxygen atoms in total. The summed E-state index contributed by atoms with van der Waals surface area (Å²) in [4.78, 5) is 25.1. The van der Waals surface area contributed by atoms with Crippen LogP contribution < -0.4 is 15.4 Å². The van der Waals surface area contributed by atoms with Crippen LogP contribution in [0, 0.1) is 21.0 Å². The van der Waals surface area contributed by atoms with E-state index in [-0.39, 0.29) is 12.1 Å². The van der Waals surface area contributed by atoms with E-state index in [4.69, 9.17) is 0 Å². The average molecular weight is 730 g/mol. The molecule has 42 heavy (non-hydrogen) atoms. The number of nitrogens with one attached hydrogen (secondary N) is 2. The number of benzene rings is 3. The second-order valence-corrected chi connectivity index (χ2v) is 9.23. The van der Waals surface area contributed by atoms with Crippen molar-refractivity contribution in [3.8, 4) is 5.75 Å². The van der Waals surface area contributed by atoms with Crippen LogP contribution in [0.3, 0.4) is 0 Å². The summed E-state index contributed by atoms with van der Waals surface area (Å²) in [5, 5.41) is 3.76. The maximum atomic E-state index is 15.1. The fraction of sp³-hybridized carbons (Fsp3) is 0.167. The number of ether oxygens (including phenoxy) is 1. The Labute approximate surface area is 240 Å². The quantitative estimate of drug-likeness (QED) is 0.191. The molecule has 3 rings (SSSR count). The normalized spacial score (nSPS) is 12.3. The molecule has 0 aliphatic carbocycles. The first kappa shape index (κ1) is 32.8. The van der Waals surface area contributed by atoms with Crippen molar-refractivity contribution in [3.63, 3.8) is 0 Å². The first-order chi connectivity index (χ1) is 19.3. The van der Waals surface area contributed by atoms with Gasteiger partial charge in [-0.3, -0.25) is 9.59 Å². The summed E-state index contributed by atoms with van der Waals surface area (Å²) in [7, 11) is 0. The zero-order valence-electron chi connectivity index (χ0n) is 19.8. The number of anilines is 2. The van der Waals surface area contributed by atoms with Crippen LogP contribution in [0.25, 0.3) is 0 Å². The molecule has 0 heterocycles. The summed E-state index contributed by atoms with van der Waals surface area (Å²) in [6.45, 7) is -3.89. The molecule has 18 heteroatoms. The highest BCUT2D eigenvalue weighted by Gasteiger charge is 2.73. The Morgan fingerprint density at radius 3 is 1.95 bits per heavy atom. The van der Waals surface area contributed by atoms with Gasteiger partial charge < -0.3 is 15.4 Å². The van der Waals surface area contributed by atoms with E-state index in [1.54, 1.807) is 5.32 Å². The smallest absolute Gasteiger partial charge is 0.433 e. The summed E-state index contributed by atoms with van der Waals surface area (Å²) < 4.78 is 164. The van der Waals surface area contributed by atoms with Crippen molar-refractivity contribution in [1.82, 2.24) is 0 Å². The minimum absolute atomic E-state index is 0.0374. The zero-order chi connectivity index (χ0) is 31.8. The van der Waals surface area contributed by atoms with Gasteiger partial charge in [0.05, 0.1) is 16.9 Å². The van der Waals surface area contributed by atoms with Crippen molar-refractivity contribution in [3.05, 3.63) is 86.2 Å². The summed E-state index contributed by atoms with van der Waals surface area (Å²) in [5.41, 5.74) is -11.3. The second-order valence-electron chi connectivity index (χ2n) is 8.07. The van der Waals surface area contributed by atoms with Crippen LogP contribution in [0.5, 0.6) is 5.75 Å². The third-order valence-corrected chi connectivity index (χ3v) is 6.21. The number of hydrogen-bond acceptors (Lipinski definition) is 3. The molecule has 2 N–H and O–H groups in total. The van der Waals surface area contributed by atoms with Crippen LogP contribution in [-0.4, -0.2) is 30.8 Å². The number of carbonyl (C=O) groups is 2. The molecule has 0 atom stereocenters. The maximum absolute atomic E-state index is 15.1. The van der Waals surface area contributed by atoms with Crippen LogP contribution in [0.2, 0.25) is 0 Å². The Bertz CT molecular complexity index is 1510. The molecule has 0 unspecified atom stereocenters. The van der Waals surface area contributed by atoms with E-state index in [0.29, 0.717) is 12.1 Å². The van der Waals surface area contributed by atoms with Crippen molar-refractivity contribution in [2.75, 3.05) is 10.6 Å². The molecule has 0 aromatic heterocycles. The highest BCUT2D eigenvalue weighted by Crippen LogP contribution is 2.54. The van der Waals surface area contributed by atoms with Crippen molar-refractivity contribution in [1.29, 1.82) is 0 Å². The van der Waals surface area contributed by atoms with Gasteiger partial charge in [-0.15, -0.1) is 0 Å². The molecule has 2 amide bonds. The van der Waals surface area contributed by atoms with Gasteiger partial charge in [-0.05, 0) is 65.1 Å². The van der Waals surface area contributed by atoms with E-state index < -0.39 is 91.3 Å². The Morgan fingerprint density at radius 1 is 0.786 bits per heavy atom. The van der Waals surface area contributed by atoms with Gasteiger partial charge in [-0.25, -0.2) is 17.6 Å². The van der Waals surface area contributed by atoms with Gasteiger partial charge in [0.15, 0.2) is 23.2 Å². The van der Waals surface area contributed by atoms with E-state index in [2.05, 4.69) is 4.74 Å². The first-order valence-electron chi connectivity index (χ1n) is 10.8. The van der Waals surface area contributed by atoms with Gasteiger partial charge in [-0.1, -0.05) is 6.07 Å². The number of halogens is 13. The standard InChI is InChI=1S/C24H11F12IN2O3/c25-12-5-4-9(6-13(12)26)19(40)38-15-3-1-2-11(17(15)27)20(41)39-18-14(37)7-10(8-16(18)42-21(28)29)22(30,23(31,32)33)24(34,35)36/h1-8,21H,(H,38,40)(H,39,41). The molecule has 3 aromatic rings. The Morgan fingerprint density at radius 2 is 1.40 bits per heavy atom. The number of amides is 2. The molecule has 0 fully saturated rings. The predicted octanol–water partition coefficient (Wildman–Crippen LogP) is 8.10. The molecule has 0 aliphatic heterocycles. The van der Waals surface area contributed by atoms with Gasteiger partial charge in [-0.2, -0.15) is 35.1 Å². The lowest BCUT2D eigenvalue weighted by atomic mass is 9.93. The highest BCUT2D eigenvalue weighted by molar-refractivity contribution is 14.1. The number of carbonyl (C=O) groups excluding carboxylic acids is 2. The van der Waals surface area contributed by atoms with Gasteiger partial charge >= 0.3 is 24.6 Å². The lowest BCUT2D eigenvalue weighted by molar-refractivity contribution is -0.348. The molecule has 3 aromatic carbocycles. The lowest BCUT2D eigenvalue weighted by Crippen LogP contribution is -2.50. The number of rotatable bonds is 7. The average Bonchev–Trinajstić information content (AvgIpc) is 2.86. The van der Waals surface area contributed by atoms with Gasteiger partial charge in [0, 0.05) is 14.7 Å². The predicted molar refractivity (Wildman–Crippen MR) is 129 cm³/mol. The summed E-state index contributed by atoms with van der Waals surface area (Å²) in [6, 6.07) is 4.25. The fourth-order valence-electron chi connectivity index (χ4n) is 3.40. The van der Waals surface area contributed by atoms with Crippen LogP contribution in [0.1, 0.15) is 26.3 Å². The summed E-state index contributed by atoms with van der Waals surface area (Å²) in [6.07, 6.45) is -13.2. The van der Waals surface area contributed by atoms with Gasteiger partial charge in [0.2, 0.25) is 0 Å². The molecular formula is C24H11F12IN2O3. The monoisotopic (exact) mass is 730 g/mol. The third kappa shape index (κ3) is 6.51. The number of hydrogen-bond donors (Lipinski definition) is 2. The zero-order valence-corrected chi connectivity index (χ0v) is 22.0. The van der Waals surface area contributed by atoms with Crippen LogP contribution in [0.4, 0.5) is 64.1 Å². The molecule has 0 saturated carbocycles. The van der Waals surface area contributed by atoms with Crippen molar-refractivity contribution in [2.24, 2.45) is 0 Å². The van der Waals surface area contributed by atoms with E-state index in [1.807, 2.05) is 5.32 Å². The topological polar surface area (TPSA) is 67.4 Å². The van der Waals surface area contributed by atoms with E-state index in [0.717, 1.165) is 46.9 Å². The van der Waals surface area contributed by atoms with Crippen molar-refractivity contribution >= 4 is 45.8 Å². The van der Waals surface area contributed by atoms with E-state index in [1.165, 1.54) is 0 Å². The van der Waals surface area contributed by atoms with Gasteiger partial charge in [0.1, 0.15) is 0 Å². The largest absolute Gasteiger partial charge is 0.435 e. The first-order valence-corrected chi connectivity index (χ1v) is 11.8. The van der Waals surface area contributed by atoms with Crippen LogP contribution in [0.15, 0.2) is 48.5 Å². The van der Waals surface area contributed by atoms with Crippen LogP contribution in [-0.2, 0) is 5.67 Å². The molecule has 226 valence electrons.